The molecule has 13 heteroatoms. The van der Waals surface area contributed by atoms with Crippen LogP contribution in [-0.4, -0.2) is 29.9 Å². The molecule has 0 unspecified atom stereocenters. The quantitative estimate of drug-likeness (QED) is 0.111. The van der Waals surface area contributed by atoms with Gasteiger partial charge in [0.05, 0.1) is 10.8 Å². The Hall–Kier alpha value is -4.79. The van der Waals surface area contributed by atoms with Crippen LogP contribution in [0.4, 0.5) is 26.3 Å². The number of halogens is 7. The number of hydrogen-bond donors (Lipinski definition) is 1. The second-order valence-corrected chi connectivity index (χ2v) is 11.6. The minimum absolute atomic E-state index is 0.0113. The summed E-state index contributed by atoms with van der Waals surface area (Å²) in [4.78, 5) is 8.15. The fraction of sp³-hybridized carbons (Fsp3) is 0.118. The molecule has 238 valence electrons. The Kier molecular flexibility index (Phi) is 8.51. The third kappa shape index (κ3) is 5.83. The Labute approximate surface area is 277 Å². The number of alkyl halides is 6. The van der Waals surface area contributed by atoms with E-state index >= 15 is 0 Å². The number of nitrogens with zero attached hydrogens (tertiary/aromatic N) is 5. The van der Waals surface area contributed by atoms with E-state index in [4.69, 9.17) is 0 Å². The number of fused-ring (bicyclic) bond motifs is 2. The molecule has 0 aliphatic rings. The van der Waals surface area contributed by atoms with Crippen LogP contribution in [0.3, 0.4) is 0 Å². The Morgan fingerprint density at radius 2 is 1.15 bits per heavy atom. The predicted molar refractivity (Wildman–Crippen MR) is 173 cm³/mol. The zero-order valence-electron chi connectivity index (χ0n) is 24.4. The minimum Gasteiger partial charge on any atom is -0.271 e. The van der Waals surface area contributed by atoms with Crippen molar-refractivity contribution < 1.29 is 26.3 Å². The maximum Gasteiger partial charge on any atom is 0.435 e. The summed E-state index contributed by atoms with van der Waals surface area (Å²) in [5.41, 5.74) is 0.133. The molecule has 7 rings (SSSR count). The molecule has 1 N–H and O–H groups in total. The molecule has 47 heavy (non-hydrogen) atoms. The molecule has 0 bridgehead atoms. The lowest BCUT2D eigenvalue weighted by Gasteiger charge is -2.36. The molecule has 0 saturated carbocycles. The van der Waals surface area contributed by atoms with E-state index in [2.05, 4.69) is 20.2 Å². The van der Waals surface area contributed by atoms with Gasteiger partial charge in [-0.1, -0.05) is 91.0 Å². The van der Waals surface area contributed by atoms with Crippen LogP contribution in [0.5, 0.6) is 0 Å². The van der Waals surface area contributed by atoms with Crippen molar-refractivity contribution in [3.05, 3.63) is 153 Å². The van der Waals surface area contributed by atoms with E-state index in [0.717, 1.165) is 16.7 Å². The van der Waals surface area contributed by atoms with Gasteiger partial charge in [0.2, 0.25) is 0 Å². The van der Waals surface area contributed by atoms with Crippen LogP contribution >= 0.6 is 22.6 Å². The van der Waals surface area contributed by atoms with Crippen molar-refractivity contribution in [1.82, 2.24) is 29.9 Å². The maximum absolute atomic E-state index is 14.2. The molecule has 4 heterocycles. The van der Waals surface area contributed by atoms with Crippen LogP contribution in [0.1, 0.15) is 33.6 Å². The van der Waals surface area contributed by atoms with Crippen molar-refractivity contribution in [2.75, 3.05) is 0 Å². The molecule has 0 radical (unpaired) electrons. The molecule has 0 aliphatic heterocycles. The number of aromatic nitrogens is 6. The topological polar surface area (TPSA) is 72.3 Å². The third-order valence-corrected chi connectivity index (χ3v) is 8.52. The monoisotopic (exact) mass is 756 g/mol. The van der Waals surface area contributed by atoms with Crippen LogP contribution in [0.15, 0.2) is 116 Å². The molecule has 0 amide bonds. The molecule has 0 aliphatic carbocycles. The van der Waals surface area contributed by atoms with Gasteiger partial charge in [-0.25, -0.2) is 14.6 Å². The zero-order valence-corrected chi connectivity index (χ0v) is 26.5. The summed E-state index contributed by atoms with van der Waals surface area (Å²) in [6.07, 6.45) is -6.10. The lowest BCUT2D eigenvalue weighted by atomic mass is 9.77. The van der Waals surface area contributed by atoms with Gasteiger partial charge < -0.3 is 0 Å². The van der Waals surface area contributed by atoms with Gasteiger partial charge in [-0.05, 0) is 63.9 Å². The van der Waals surface area contributed by atoms with Gasteiger partial charge in [-0.3, -0.25) is 5.10 Å². The Morgan fingerprint density at radius 1 is 0.638 bits per heavy atom. The Morgan fingerprint density at radius 3 is 1.64 bits per heavy atom. The highest BCUT2D eigenvalue weighted by molar-refractivity contribution is 14.1. The molecule has 6 nitrogen and oxygen atoms in total. The fourth-order valence-electron chi connectivity index (χ4n) is 5.65. The normalized spacial score (nSPS) is 12.3. The Bertz CT molecular complexity index is 2050. The van der Waals surface area contributed by atoms with Crippen LogP contribution in [0.25, 0.3) is 22.1 Å². The van der Waals surface area contributed by atoms with Crippen molar-refractivity contribution in [1.29, 1.82) is 0 Å². The van der Waals surface area contributed by atoms with Crippen LogP contribution in [-0.2, 0) is 17.9 Å². The highest BCUT2D eigenvalue weighted by Gasteiger charge is 2.45. The highest BCUT2D eigenvalue weighted by atomic mass is 127. The van der Waals surface area contributed by atoms with Gasteiger partial charge >= 0.3 is 12.4 Å². The van der Waals surface area contributed by atoms with Crippen LogP contribution in [0, 0.1) is 10.5 Å². The third-order valence-electron chi connectivity index (χ3n) is 7.62. The lowest BCUT2D eigenvalue weighted by Crippen LogP contribution is -2.39. The molecule has 3 aromatic carbocycles. The molecule has 0 atom stereocenters. The summed E-state index contributed by atoms with van der Waals surface area (Å²) in [5.74, 6) is 0. The van der Waals surface area contributed by atoms with Crippen molar-refractivity contribution in [2.24, 2.45) is 0 Å². The van der Waals surface area contributed by atoms with Crippen LogP contribution in [0.2, 0.25) is 0 Å². The van der Waals surface area contributed by atoms with Gasteiger partial charge in [-0.15, -0.1) is 0 Å². The van der Waals surface area contributed by atoms with E-state index in [1.165, 1.54) is 23.1 Å². The average molecular weight is 756 g/mol. The van der Waals surface area contributed by atoms with Gasteiger partial charge in [0.15, 0.2) is 17.0 Å². The number of pyridine rings is 2. The number of benzene rings is 3. The molecule has 0 saturated heterocycles. The summed E-state index contributed by atoms with van der Waals surface area (Å²) >= 11 is 1.82. The van der Waals surface area contributed by atoms with Crippen molar-refractivity contribution in [2.45, 2.75) is 24.8 Å². The number of aryl methyl sites for hydroxylation is 1. The van der Waals surface area contributed by atoms with Crippen LogP contribution < -0.4 is 0 Å². The largest absolute Gasteiger partial charge is 0.435 e. The number of H-pyrrole nitrogens is 1. The molecule has 7 aromatic rings. The smallest absolute Gasteiger partial charge is 0.271 e. The van der Waals surface area contributed by atoms with Gasteiger partial charge in [0.25, 0.3) is 0 Å². The number of rotatable bonds is 4. The van der Waals surface area contributed by atoms with Crippen molar-refractivity contribution in [3.8, 4) is 0 Å². The van der Waals surface area contributed by atoms with Gasteiger partial charge in [-0.2, -0.15) is 36.5 Å². The highest BCUT2D eigenvalue weighted by Crippen LogP contribution is 2.44. The molecular weight excluding hydrogens is 733 g/mol. The average Bonchev–Trinajstić information content (AvgIpc) is 3.69. The first-order valence-electron chi connectivity index (χ1n) is 14.1. The lowest BCUT2D eigenvalue weighted by molar-refractivity contribution is -0.141. The summed E-state index contributed by atoms with van der Waals surface area (Å²) in [6.45, 7) is 1.65. The predicted octanol–water partition coefficient (Wildman–Crippen LogP) is 9.18. The van der Waals surface area contributed by atoms with E-state index in [-0.39, 0.29) is 22.1 Å². The van der Waals surface area contributed by atoms with E-state index in [1.807, 2.05) is 119 Å². The van der Waals surface area contributed by atoms with Crippen molar-refractivity contribution >= 4 is 44.7 Å². The summed E-state index contributed by atoms with van der Waals surface area (Å²) in [6, 6.07) is 31.5. The standard InChI is InChI=1S/C27H20F3N3.C7H3F3IN3/c1-19-17-18-31-25-23(19)24(27(28,29)30)32-33(25)26(20-11-5-2-6-12-20,21-13-7-3-8-14-21)22-15-9-4-10-16-22;8-7(9,10)5-4-3(11)1-2-12-6(4)14-13-5/h2-18H,1H3;1-2H,(H,12,13,14). The molecule has 0 spiro atoms. The Balaban J connectivity index is 0.000000230. The van der Waals surface area contributed by atoms with Gasteiger partial charge in [0.1, 0.15) is 11.2 Å². The van der Waals surface area contributed by atoms with E-state index in [1.54, 1.807) is 13.0 Å². The molecule has 4 aromatic heterocycles. The fourth-order valence-corrected chi connectivity index (χ4v) is 6.32. The first kappa shape index (κ1) is 32.2. The van der Waals surface area contributed by atoms with Gasteiger partial charge in [0, 0.05) is 16.0 Å². The summed E-state index contributed by atoms with van der Waals surface area (Å²) < 4.78 is 81.8. The zero-order chi connectivity index (χ0) is 33.4. The SMILES string of the molecule is Cc1ccnc2c1c(C(F)(F)F)nn2C(c1ccccc1)(c1ccccc1)c1ccccc1.FC(F)(F)c1[nH]nc2nccc(I)c12. The second-order valence-electron chi connectivity index (χ2n) is 10.5. The first-order chi connectivity index (χ1) is 22.4. The number of nitrogens with one attached hydrogen (secondary N) is 1. The van der Waals surface area contributed by atoms with Crippen molar-refractivity contribution in [3.63, 3.8) is 0 Å². The number of aromatic amines is 1. The second kappa shape index (κ2) is 12.4. The summed E-state index contributed by atoms with van der Waals surface area (Å²) in [7, 11) is 0. The van der Waals surface area contributed by atoms with E-state index < -0.39 is 29.3 Å². The molecule has 0 fully saturated rings. The minimum atomic E-state index is -4.63. The molecular formula is C34H23F6IN6. The number of hydrogen-bond acceptors (Lipinski definition) is 4. The summed E-state index contributed by atoms with van der Waals surface area (Å²) in [5, 5.41) is 9.73. The van der Waals surface area contributed by atoms with E-state index in [0.29, 0.717) is 9.13 Å². The first-order valence-corrected chi connectivity index (χ1v) is 15.2. The van der Waals surface area contributed by atoms with E-state index in [9.17, 15) is 26.3 Å². The maximum atomic E-state index is 14.2.